The van der Waals surface area contributed by atoms with Crippen molar-refractivity contribution >= 4 is 16.9 Å². The number of nitrogen functional groups attached to an aromatic ring is 1. The summed E-state index contributed by atoms with van der Waals surface area (Å²) in [7, 11) is 0. The van der Waals surface area contributed by atoms with Crippen molar-refractivity contribution in [2.75, 3.05) is 5.73 Å². The number of anilines is 1. The lowest BCUT2D eigenvalue weighted by atomic mass is 10.1. The fourth-order valence-corrected chi connectivity index (χ4v) is 2.90. The number of rotatable bonds is 5. The van der Waals surface area contributed by atoms with E-state index in [2.05, 4.69) is 16.9 Å². The Morgan fingerprint density at radius 2 is 1.92 bits per heavy atom. The summed E-state index contributed by atoms with van der Waals surface area (Å²) in [5, 5.41) is 5.63. The summed E-state index contributed by atoms with van der Waals surface area (Å²) < 4.78 is 15.2. The van der Waals surface area contributed by atoms with Crippen molar-refractivity contribution in [2.24, 2.45) is 0 Å². The second-order valence-electron chi connectivity index (χ2n) is 6.36. The van der Waals surface area contributed by atoms with E-state index in [-0.39, 0.29) is 5.82 Å². The van der Waals surface area contributed by atoms with Crippen molar-refractivity contribution in [3.63, 3.8) is 0 Å². The van der Waals surface area contributed by atoms with Crippen molar-refractivity contribution < 1.29 is 4.39 Å². The van der Waals surface area contributed by atoms with E-state index in [1.54, 1.807) is 18.2 Å². The van der Waals surface area contributed by atoms with Crippen molar-refractivity contribution in [1.29, 1.82) is 0 Å². The quantitative estimate of drug-likeness (QED) is 0.649. The van der Waals surface area contributed by atoms with Crippen molar-refractivity contribution in [3.05, 3.63) is 54.1 Å². The largest absolute Gasteiger partial charge is 0.384 e. The van der Waals surface area contributed by atoms with Crippen LogP contribution in [0.15, 0.2) is 42.6 Å². The first-order valence-corrected chi connectivity index (χ1v) is 8.90. The van der Waals surface area contributed by atoms with Gasteiger partial charge < -0.3 is 10.7 Å². The van der Waals surface area contributed by atoms with Gasteiger partial charge in [-0.2, -0.15) is 5.10 Å². The van der Waals surface area contributed by atoms with E-state index in [9.17, 15) is 4.39 Å². The molecule has 5 nitrogen and oxygen atoms in total. The molecule has 0 aliphatic carbocycles. The highest BCUT2D eigenvalue weighted by Crippen LogP contribution is 2.27. The molecule has 0 amide bonds. The Morgan fingerprint density at radius 3 is 2.65 bits per heavy atom. The standard InChI is InChI=1S/C20H24FN5/c1-3-4-5-12-26-20-17(10-11-23-14(2)13-18(22)24-20)19(25-26)15-6-8-16(21)9-7-15/h6-11,13,23H,3-5,12H2,1-2H3,(H2,22,24). The number of nitrogens with zero attached hydrogens (tertiary/aromatic N) is 3. The number of aromatic nitrogens is 4. The lowest BCUT2D eigenvalue weighted by molar-refractivity contribution is 0.565. The SMILES string of the molecule is CCCCCn1nc(-c2ccc(F)cc2)c2cc[nH]c(C)cc(N)nc21. The molecule has 2 aromatic heterocycles. The predicted molar refractivity (Wildman–Crippen MR) is 104 cm³/mol. The minimum Gasteiger partial charge on any atom is -0.384 e. The van der Waals surface area contributed by atoms with Gasteiger partial charge in [-0.1, -0.05) is 19.8 Å². The lowest BCUT2D eigenvalue weighted by Gasteiger charge is -2.01. The molecule has 0 bridgehead atoms. The van der Waals surface area contributed by atoms with Gasteiger partial charge in [0.05, 0.1) is 0 Å². The fraction of sp³-hybridized carbons (Fsp3) is 0.300. The van der Waals surface area contributed by atoms with Crippen LogP contribution in [0.25, 0.3) is 22.3 Å². The molecular formula is C20H24FN5. The number of fused-ring (bicyclic) bond motifs is 1. The molecule has 0 atom stereocenters. The summed E-state index contributed by atoms with van der Waals surface area (Å²) in [6, 6.07) is 10.1. The zero-order valence-corrected chi connectivity index (χ0v) is 15.2. The van der Waals surface area contributed by atoms with Crippen LogP contribution in [0.3, 0.4) is 0 Å². The molecule has 0 radical (unpaired) electrons. The van der Waals surface area contributed by atoms with E-state index in [1.807, 2.05) is 23.9 Å². The summed E-state index contributed by atoms with van der Waals surface area (Å²) in [5.41, 5.74) is 9.33. The molecule has 0 aliphatic heterocycles. The third kappa shape index (κ3) is 4.02. The number of hydrogen-bond donors (Lipinski definition) is 2. The van der Waals surface area contributed by atoms with E-state index >= 15 is 0 Å². The molecule has 26 heavy (non-hydrogen) atoms. The van der Waals surface area contributed by atoms with Gasteiger partial charge in [0.25, 0.3) is 0 Å². The van der Waals surface area contributed by atoms with Crippen molar-refractivity contribution in [2.45, 2.75) is 39.7 Å². The number of unbranched alkanes of at least 4 members (excludes halogenated alkanes) is 2. The Kier molecular flexibility index (Phi) is 5.51. The zero-order valence-electron chi connectivity index (χ0n) is 15.2. The van der Waals surface area contributed by atoms with E-state index in [0.29, 0.717) is 5.82 Å². The molecule has 136 valence electrons. The molecular weight excluding hydrogens is 329 g/mol. The van der Waals surface area contributed by atoms with Crippen LogP contribution < -0.4 is 5.73 Å². The van der Waals surface area contributed by atoms with Gasteiger partial charge in [0.1, 0.15) is 17.3 Å². The second kappa shape index (κ2) is 7.99. The van der Waals surface area contributed by atoms with Crippen LogP contribution in [-0.4, -0.2) is 19.7 Å². The molecule has 0 saturated heterocycles. The Labute approximate surface area is 152 Å². The van der Waals surface area contributed by atoms with Gasteiger partial charge >= 0.3 is 0 Å². The first-order valence-electron chi connectivity index (χ1n) is 8.90. The van der Waals surface area contributed by atoms with Crippen LogP contribution in [0.2, 0.25) is 0 Å². The van der Waals surface area contributed by atoms with Crippen LogP contribution in [0.4, 0.5) is 10.2 Å². The molecule has 1 aromatic carbocycles. The molecule has 3 N–H and O–H groups in total. The monoisotopic (exact) mass is 353 g/mol. The van der Waals surface area contributed by atoms with Crippen LogP contribution in [0, 0.1) is 12.7 Å². The highest BCUT2D eigenvalue weighted by atomic mass is 19.1. The highest BCUT2D eigenvalue weighted by Gasteiger charge is 2.13. The molecule has 0 fully saturated rings. The summed E-state index contributed by atoms with van der Waals surface area (Å²) in [6.45, 7) is 4.86. The van der Waals surface area contributed by atoms with Crippen LogP contribution in [0.5, 0.6) is 0 Å². The number of nitrogens with two attached hydrogens (primary N) is 1. The third-order valence-corrected chi connectivity index (χ3v) is 4.21. The highest BCUT2D eigenvalue weighted by molar-refractivity contribution is 5.90. The maximum atomic E-state index is 13.3. The summed E-state index contributed by atoms with van der Waals surface area (Å²) >= 11 is 0. The topological polar surface area (TPSA) is 72.5 Å². The molecule has 0 spiro atoms. The molecule has 2 heterocycles. The first kappa shape index (κ1) is 17.9. The van der Waals surface area contributed by atoms with Crippen molar-refractivity contribution in [1.82, 2.24) is 19.7 Å². The number of hydrogen-bond acceptors (Lipinski definition) is 3. The van der Waals surface area contributed by atoms with E-state index in [0.717, 1.165) is 53.8 Å². The van der Waals surface area contributed by atoms with Gasteiger partial charge in [-0.25, -0.2) is 14.1 Å². The van der Waals surface area contributed by atoms with E-state index < -0.39 is 0 Å². The number of aryl methyl sites for hydroxylation is 2. The normalized spacial score (nSPS) is 10.9. The Bertz CT molecular complexity index is 939. The first-order chi connectivity index (χ1) is 12.6. The van der Waals surface area contributed by atoms with E-state index in [4.69, 9.17) is 10.8 Å². The third-order valence-electron chi connectivity index (χ3n) is 4.21. The number of halogens is 1. The molecule has 6 heteroatoms. The maximum absolute atomic E-state index is 13.3. The Balaban J connectivity index is 2.25. The molecule has 0 unspecified atom stereocenters. The van der Waals surface area contributed by atoms with Gasteiger partial charge in [0.15, 0.2) is 5.65 Å². The van der Waals surface area contributed by atoms with Crippen LogP contribution >= 0.6 is 0 Å². The maximum Gasteiger partial charge on any atom is 0.160 e. The minimum absolute atomic E-state index is 0.268. The number of aromatic amines is 1. The second-order valence-corrected chi connectivity index (χ2v) is 6.36. The lowest BCUT2D eigenvalue weighted by Crippen LogP contribution is -2.02. The van der Waals surface area contributed by atoms with Gasteiger partial charge in [-0.05, 0) is 49.7 Å². The van der Waals surface area contributed by atoms with Gasteiger partial charge in [0.2, 0.25) is 0 Å². The number of nitrogens with one attached hydrogen (secondary N) is 1. The Morgan fingerprint density at radius 1 is 1.15 bits per heavy atom. The predicted octanol–water partition coefficient (Wildman–Crippen LogP) is 4.77. The molecule has 3 aromatic rings. The smallest absolute Gasteiger partial charge is 0.160 e. The van der Waals surface area contributed by atoms with Crippen molar-refractivity contribution in [3.8, 4) is 11.3 Å². The average Bonchev–Trinajstić information content (AvgIpc) is 2.95. The number of H-pyrrole nitrogens is 1. The minimum atomic E-state index is -0.268. The summed E-state index contributed by atoms with van der Waals surface area (Å²) in [4.78, 5) is 7.77. The fourth-order valence-electron chi connectivity index (χ4n) is 2.90. The van der Waals surface area contributed by atoms with Gasteiger partial charge in [-0.15, -0.1) is 0 Å². The van der Waals surface area contributed by atoms with Crippen LogP contribution in [0.1, 0.15) is 31.9 Å². The number of benzene rings is 1. The molecule has 3 rings (SSSR count). The van der Waals surface area contributed by atoms with Crippen LogP contribution in [-0.2, 0) is 6.54 Å². The summed E-state index contributed by atoms with van der Waals surface area (Å²) in [6.07, 6.45) is 5.12. The van der Waals surface area contributed by atoms with Gasteiger partial charge in [0, 0.05) is 29.4 Å². The zero-order chi connectivity index (χ0) is 18.5. The Hall–Kier alpha value is -2.89. The molecule has 0 saturated carbocycles. The van der Waals surface area contributed by atoms with Gasteiger partial charge in [-0.3, -0.25) is 0 Å². The van der Waals surface area contributed by atoms with E-state index in [1.165, 1.54) is 12.1 Å². The molecule has 0 aliphatic rings. The average molecular weight is 353 g/mol. The summed E-state index contributed by atoms with van der Waals surface area (Å²) in [5.74, 6) is 0.150.